The molecule has 29 heavy (non-hydrogen) atoms. The first-order chi connectivity index (χ1) is 14.1. The Bertz CT molecular complexity index is 387. The van der Waals surface area contributed by atoms with Crippen LogP contribution >= 0.6 is 0 Å². The number of esters is 1. The van der Waals surface area contributed by atoms with Crippen molar-refractivity contribution in [2.24, 2.45) is 0 Å². The number of carbonyl (C=O) groups is 2. The minimum atomic E-state index is -0.979. The van der Waals surface area contributed by atoms with Gasteiger partial charge in [0.05, 0.1) is 13.0 Å². The maximum absolute atomic E-state index is 11.9. The largest absolute Gasteiger partial charge is 0.480 e. The van der Waals surface area contributed by atoms with Crippen molar-refractivity contribution < 1.29 is 19.4 Å². The highest BCUT2D eigenvalue weighted by atomic mass is 16.5. The third-order valence-electron chi connectivity index (χ3n) is 5.35. The van der Waals surface area contributed by atoms with Gasteiger partial charge >= 0.3 is 11.9 Å². The summed E-state index contributed by atoms with van der Waals surface area (Å²) in [6.07, 6.45) is 19.2. The summed E-state index contributed by atoms with van der Waals surface area (Å²) in [6.45, 7) is 5.47. The Labute approximate surface area is 179 Å². The van der Waals surface area contributed by atoms with Crippen LogP contribution in [0, 0.1) is 0 Å². The molecule has 0 radical (unpaired) electrons. The molecule has 0 aliphatic carbocycles. The smallest absolute Gasteiger partial charge is 0.321 e. The zero-order valence-electron chi connectivity index (χ0n) is 19.2. The second kappa shape index (κ2) is 21.6. The van der Waals surface area contributed by atoms with Crippen LogP contribution in [0.4, 0.5) is 0 Å². The lowest BCUT2D eigenvalue weighted by molar-refractivity contribution is -0.149. The second-order valence-electron chi connectivity index (χ2n) is 8.22. The van der Waals surface area contributed by atoms with E-state index in [1.807, 2.05) is 0 Å². The van der Waals surface area contributed by atoms with Crippen LogP contribution < -0.4 is 5.32 Å². The normalized spacial score (nSPS) is 12.1. The average Bonchev–Trinajstić information content (AvgIpc) is 2.70. The first-order valence-corrected chi connectivity index (χ1v) is 12.2. The molecular formula is C24H47NO4. The first-order valence-electron chi connectivity index (χ1n) is 12.2. The van der Waals surface area contributed by atoms with Crippen molar-refractivity contribution in [1.29, 1.82) is 0 Å². The molecule has 5 heteroatoms. The van der Waals surface area contributed by atoms with E-state index in [0.29, 0.717) is 13.2 Å². The molecule has 1 unspecified atom stereocenters. The molecule has 2 N–H and O–H groups in total. The predicted octanol–water partition coefficient (Wildman–Crippen LogP) is 6.24. The molecule has 0 heterocycles. The molecule has 0 spiro atoms. The van der Waals surface area contributed by atoms with E-state index in [2.05, 4.69) is 19.2 Å². The highest BCUT2D eigenvalue weighted by Gasteiger charge is 2.21. The standard InChI is InChI=1S/C24H47NO4/c1-3-5-7-9-11-12-14-16-18-20-29-23(26)21-22(24(27)28)25-19-17-15-13-10-8-6-4-2/h22,25H,3-21H2,1-2H3,(H,27,28). The number of ether oxygens (including phenoxy) is 1. The Morgan fingerprint density at radius 2 is 1.17 bits per heavy atom. The molecule has 1 atom stereocenters. The van der Waals surface area contributed by atoms with Crippen molar-refractivity contribution in [3.8, 4) is 0 Å². The minimum Gasteiger partial charge on any atom is -0.480 e. The summed E-state index contributed by atoms with van der Waals surface area (Å²) in [6, 6.07) is -0.842. The first kappa shape index (κ1) is 27.9. The molecule has 0 saturated heterocycles. The molecule has 0 rings (SSSR count). The van der Waals surface area contributed by atoms with Crippen LogP contribution in [0.3, 0.4) is 0 Å². The quantitative estimate of drug-likeness (QED) is 0.162. The molecule has 0 aromatic heterocycles. The van der Waals surface area contributed by atoms with Crippen LogP contribution in [0.5, 0.6) is 0 Å². The number of aliphatic carboxylic acids is 1. The molecular weight excluding hydrogens is 366 g/mol. The summed E-state index contributed by atoms with van der Waals surface area (Å²) in [5.41, 5.74) is 0. The van der Waals surface area contributed by atoms with E-state index in [9.17, 15) is 14.7 Å². The molecule has 0 amide bonds. The minimum absolute atomic E-state index is 0.0940. The van der Waals surface area contributed by atoms with Gasteiger partial charge in [-0.15, -0.1) is 0 Å². The van der Waals surface area contributed by atoms with E-state index in [0.717, 1.165) is 25.7 Å². The highest BCUT2D eigenvalue weighted by Crippen LogP contribution is 2.10. The summed E-state index contributed by atoms with van der Waals surface area (Å²) in [5.74, 6) is -1.39. The second-order valence-corrected chi connectivity index (χ2v) is 8.22. The molecule has 0 bridgehead atoms. The molecule has 0 aromatic rings. The van der Waals surface area contributed by atoms with Crippen molar-refractivity contribution in [2.75, 3.05) is 13.2 Å². The predicted molar refractivity (Wildman–Crippen MR) is 120 cm³/mol. The van der Waals surface area contributed by atoms with Gasteiger partial charge in [-0.25, -0.2) is 0 Å². The van der Waals surface area contributed by atoms with Gasteiger partial charge in [0.2, 0.25) is 0 Å². The van der Waals surface area contributed by atoms with Gasteiger partial charge in [0.1, 0.15) is 6.04 Å². The zero-order valence-corrected chi connectivity index (χ0v) is 19.2. The Morgan fingerprint density at radius 3 is 1.66 bits per heavy atom. The third kappa shape index (κ3) is 20.0. The van der Waals surface area contributed by atoms with Gasteiger partial charge in [0.25, 0.3) is 0 Å². The Balaban J connectivity index is 3.64. The van der Waals surface area contributed by atoms with Crippen LogP contribution in [-0.4, -0.2) is 36.2 Å². The van der Waals surface area contributed by atoms with Gasteiger partial charge in [-0.05, 0) is 19.4 Å². The fourth-order valence-electron chi connectivity index (χ4n) is 3.43. The number of unbranched alkanes of at least 4 members (excludes halogenated alkanes) is 14. The van der Waals surface area contributed by atoms with Crippen molar-refractivity contribution in [3.63, 3.8) is 0 Å². The molecule has 0 aliphatic heterocycles. The number of hydrogen-bond acceptors (Lipinski definition) is 4. The highest BCUT2D eigenvalue weighted by molar-refractivity contribution is 5.81. The van der Waals surface area contributed by atoms with Crippen molar-refractivity contribution >= 4 is 11.9 Å². The monoisotopic (exact) mass is 413 g/mol. The maximum Gasteiger partial charge on any atom is 0.321 e. The fraction of sp³-hybridized carbons (Fsp3) is 0.917. The van der Waals surface area contributed by atoms with Crippen LogP contribution in [0.1, 0.15) is 123 Å². The number of carbonyl (C=O) groups excluding carboxylic acids is 1. The van der Waals surface area contributed by atoms with E-state index < -0.39 is 18.0 Å². The van der Waals surface area contributed by atoms with Gasteiger partial charge in [-0.2, -0.15) is 0 Å². The molecule has 0 aromatic carbocycles. The third-order valence-corrected chi connectivity index (χ3v) is 5.35. The van der Waals surface area contributed by atoms with Gasteiger partial charge in [-0.3, -0.25) is 9.59 Å². The zero-order chi connectivity index (χ0) is 21.6. The van der Waals surface area contributed by atoms with Gasteiger partial charge in [0, 0.05) is 0 Å². The SMILES string of the molecule is CCCCCCCCCCCOC(=O)CC(NCCCCCCCCC)C(=O)O. The van der Waals surface area contributed by atoms with Crippen LogP contribution in [0.2, 0.25) is 0 Å². The molecule has 0 saturated carbocycles. The van der Waals surface area contributed by atoms with Crippen LogP contribution in [-0.2, 0) is 14.3 Å². The summed E-state index contributed by atoms with van der Waals surface area (Å²) < 4.78 is 5.22. The molecule has 0 fully saturated rings. The van der Waals surface area contributed by atoms with Gasteiger partial charge in [0.15, 0.2) is 0 Å². The molecule has 0 aliphatic rings. The lowest BCUT2D eigenvalue weighted by atomic mass is 10.1. The van der Waals surface area contributed by atoms with Gasteiger partial charge in [-0.1, -0.05) is 104 Å². The molecule has 5 nitrogen and oxygen atoms in total. The van der Waals surface area contributed by atoms with Crippen molar-refractivity contribution in [3.05, 3.63) is 0 Å². The maximum atomic E-state index is 11.9. The number of carboxylic acid groups (broad SMARTS) is 1. The van der Waals surface area contributed by atoms with Crippen LogP contribution in [0.15, 0.2) is 0 Å². The van der Waals surface area contributed by atoms with E-state index in [1.165, 1.54) is 77.0 Å². The summed E-state index contributed by atoms with van der Waals surface area (Å²) >= 11 is 0. The number of rotatable bonds is 22. The summed E-state index contributed by atoms with van der Waals surface area (Å²) in [4.78, 5) is 23.2. The van der Waals surface area contributed by atoms with Crippen LogP contribution in [0.25, 0.3) is 0 Å². The number of nitrogens with one attached hydrogen (secondary N) is 1. The molecule has 172 valence electrons. The lowest BCUT2D eigenvalue weighted by Gasteiger charge is -2.14. The van der Waals surface area contributed by atoms with E-state index in [-0.39, 0.29) is 6.42 Å². The number of hydrogen-bond donors (Lipinski definition) is 2. The average molecular weight is 414 g/mol. The lowest BCUT2D eigenvalue weighted by Crippen LogP contribution is -2.39. The Kier molecular flexibility index (Phi) is 20.8. The van der Waals surface area contributed by atoms with E-state index >= 15 is 0 Å². The van der Waals surface area contributed by atoms with E-state index in [4.69, 9.17) is 4.74 Å². The Morgan fingerprint density at radius 1 is 0.724 bits per heavy atom. The Hall–Kier alpha value is -1.10. The fourth-order valence-corrected chi connectivity index (χ4v) is 3.43. The summed E-state index contributed by atoms with van der Waals surface area (Å²) in [7, 11) is 0. The summed E-state index contributed by atoms with van der Waals surface area (Å²) in [5, 5.41) is 12.3. The topological polar surface area (TPSA) is 75.6 Å². The van der Waals surface area contributed by atoms with Gasteiger partial charge < -0.3 is 15.2 Å². The number of carboxylic acids is 1. The van der Waals surface area contributed by atoms with E-state index in [1.54, 1.807) is 0 Å². The van der Waals surface area contributed by atoms with Crippen molar-refractivity contribution in [1.82, 2.24) is 5.32 Å². The van der Waals surface area contributed by atoms with Crippen molar-refractivity contribution in [2.45, 2.75) is 129 Å².